The lowest BCUT2D eigenvalue weighted by atomic mass is 10.1. The second-order valence-corrected chi connectivity index (χ2v) is 3.04. The summed E-state index contributed by atoms with van der Waals surface area (Å²) in [5, 5.41) is 17.2. The van der Waals surface area contributed by atoms with Crippen LogP contribution in [0.1, 0.15) is 11.6 Å². The van der Waals surface area contributed by atoms with E-state index in [-0.39, 0.29) is 11.3 Å². The maximum absolute atomic E-state index is 10.7. The Balaban J connectivity index is 2.91. The fourth-order valence-electron chi connectivity index (χ4n) is 1.14. The molecule has 0 heterocycles. The number of para-hydroxylation sites is 1. The summed E-state index contributed by atoms with van der Waals surface area (Å²) in [5.41, 5.74) is 5.66. The Labute approximate surface area is 91.3 Å². The van der Waals surface area contributed by atoms with E-state index in [1.165, 1.54) is 12.1 Å². The maximum atomic E-state index is 10.7. The molecule has 1 aromatic carbocycles. The first kappa shape index (κ1) is 12.0. The van der Waals surface area contributed by atoms with Crippen LogP contribution in [0.15, 0.2) is 24.3 Å². The highest BCUT2D eigenvalue weighted by Crippen LogP contribution is 2.23. The number of nitrogens with two attached hydrogens (primary N) is 1. The van der Waals surface area contributed by atoms with E-state index in [4.69, 9.17) is 20.7 Å². The van der Waals surface area contributed by atoms with E-state index in [0.29, 0.717) is 0 Å². The summed E-state index contributed by atoms with van der Waals surface area (Å²) >= 11 is 0. The molecule has 0 aliphatic rings. The SMILES string of the molecule is N[C@H](C(=O)O)c1ccccc1OCC(=O)O. The number of carbonyl (C=O) groups is 2. The lowest BCUT2D eigenvalue weighted by Crippen LogP contribution is -2.22. The van der Waals surface area contributed by atoms with Crippen molar-refractivity contribution in [2.75, 3.05) is 6.61 Å². The molecular formula is C10H11NO5. The molecule has 0 saturated carbocycles. The van der Waals surface area contributed by atoms with Crippen molar-refractivity contribution in [1.82, 2.24) is 0 Å². The Hall–Kier alpha value is -2.08. The summed E-state index contributed by atoms with van der Waals surface area (Å²) in [6.07, 6.45) is 0. The second-order valence-electron chi connectivity index (χ2n) is 3.04. The highest BCUT2D eigenvalue weighted by molar-refractivity contribution is 5.76. The van der Waals surface area contributed by atoms with Crippen LogP contribution in [0, 0.1) is 0 Å². The van der Waals surface area contributed by atoms with E-state index < -0.39 is 24.6 Å². The van der Waals surface area contributed by atoms with Crippen LogP contribution in [-0.4, -0.2) is 28.8 Å². The van der Waals surface area contributed by atoms with Crippen molar-refractivity contribution in [1.29, 1.82) is 0 Å². The Kier molecular flexibility index (Phi) is 3.84. The van der Waals surface area contributed by atoms with Gasteiger partial charge in [-0.3, -0.25) is 4.79 Å². The molecule has 16 heavy (non-hydrogen) atoms. The molecule has 1 atom stereocenters. The largest absolute Gasteiger partial charge is 0.482 e. The summed E-state index contributed by atoms with van der Waals surface area (Å²) in [5.74, 6) is -2.18. The van der Waals surface area contributed by atoms with Gasteiger partial charge in [0, 0.05) is 5.56 Å². The van der Waals surface area contributed by atoms with E-state index in [1.54, 1.807) is 12.1 Å². The minimum atomic E-state index is -1.23. The normalized spacial score (nSPS) is 11.8. The van der Waals surface area contributed by atoms with Gasteiger partial charge in [0.15, 0.2) is 6.61 Å². The summed E-state index contributed by atoms with van der Waals surface area (Å²) in [7, 11) is 0. The van der Waals surface area contributed by atoms with E-state index in [1.807, 2.05) is 0 Å². The molecule has 6 heteroatoms. The fraction of sp³-hybridized carbons (Fsp3) is 0.200. The number of carboxylic acids is 2. The molecule has 0 aromatic heterocycles. The zero-order valence-corrected chi connectivity index (χ0v) is 8.29. The zero-order valence-electron chi connectivity index (χ0n) is 8.29. The van der Waals surface area contributed by atoms with Crippen molar-refractivity contribution in [2.24, 2.45) is 5.73 Å². The Morgan fingerprint density at radius 3 is 2.50 bits per heavy atom. The molecule has 1 rings (SSSR count). The molecule has 1 aromatic rings. The number of aliphatic carboxylic acids is 2. The highest BCUT2D eigenvalue weighted by atomic mass is 16.5. The number of ether oxygens (including phenoxy) is 1. The van der Waals surface area contributed by atoms with Gasteiger partial charge in [0.05, 0.1) is 0 Å². The summed E-state index contributed by atoms with van der Waals surface area (Å²) in [6, 6.07) is 4.93. The minimum absolute atomic E-state index is 0.166. The van der Waals surface area contributed by atoms with Crippen molar-refractivity contribution in [3.05, 3.63) is 29.8 Å². The van der Waals surface area contributed by atoms with Gasteiger partial charge in [0.1, 0.15) is 11.8 Å². The summed E-state index contributed by atoms with van der Waals surface area (Å²) in [4.78, 5) is 21.0. The molecule has 0 unspecified atom stereocenters. The van der Waals surface area contributed by atoms with Gasteiger partial charge in [-0.05, 0) is 6.07 Å². The molecule has 86 valence electrons. The van der Waals surface area contributed by atoms with E-state index in [0.717, 1.165) is 0 Å². The van der Waals surface area contributed by atoms with E-state index in [2.05, 4.69) is 0 Å². The monoisotopic (exact) mass is 225 g/mol. The van der Waals surface area contributed by atoms with Crippen LogP contribution in [0.4, 0.5) is 0 Å². The van der Waals surface area contributed by atoms with Gasteiger partial charge in [-0.25, -0.2) is 4.79 Å². The molecule has 0 saturated heterocycles. The Morgan fingerprint density at radius 2 is 1.94 bits per heavy atom. The van der Waals surface area contributed by atoms with E-state index >= 15 is 0 Å². The molecule has 0 radical (unpaired) electrons. The van der Waals surface area contributed by atoms with Gasteiger partial charge < -0.3 is 20.7 Å². The standard InChI is InChI=1S/C10H11NO5/c11-9(10(14)15)6-3-1-2-4-7(6)16-5-8(12)13/h1-4,9H,5,11H2,(H,12,13)(H,14,15)/t9-/m0/s1. The van der Waals surface area contributed by atoms with E-state index in [9.17, 15) is 9.59 Å². The zero-order chi connectivity index (χ0) is 12.1. The third-order valence-electron chi connectivity index (χ3n) is 1.87. The molecular weight excluding hydrogens is 214 g/mol. The molecule has 0 amide bonds. The van der Waals surface area contributed by atoms with Crippen molar-refractivity contribution in [3.63, 3.8) is 0 Å². The van der Waals surface area contributed by atoms with Gasteiger partial charge in [-0.2, -0.15) is 0 Å². The third kappa shape index (κ3) is 2.96. The van der Waals surface area contributed by atoms with Gasteiger partial charge in [-0.1, -0.05) is 18.2 Å². The average molecular weight is 225 g/mol. The number of carboxylic acid groups (broad SMARTS) is 2. The average Bonchev–Trinajstić information content (AvgIpc) is 2.25. The minimum Gasteiger partial charge on any atom is -0.482 e. The molecule has 0 spiro atoms. The van der Waals surface area contributed by atoms with Crippen LogP contribution in [0.25, 0.3) is 0 Å². The number of hydrogen-bond donors (Lipinski definition) is 3. The van der Waals surface area contributed by atoms with Crippen LogP contribution in [0.2, 0.25) is 0 Å². The lowest BCUT2D eigenvalue weighted by molar-refractivity contribution is -0.139. The Morgan fingerprint density at radius 1 is 1.31 bits per heavy atom. The van der Waals surface area contributed by atoms with Gasteiger partial charge in [0.25, 0.3) is 0 Å². The third-order valence-corrected chi connectivity index (χ3v) is 1.87. The van der Waals surface area contributed by atoms with Crippen molar-refractivity contribution in [3.8, 4) is 5.75 Å². The molecule has 4 N–H and O–H groups in total. The molecule has 0 aliphatic heterocycles. The first-order chi connectivity index (χ1) is 7.52. The molecule has 0 fully saturated rings. The van der Waals surface area contributed by atoms with Crippen LogP contribution in [0.3, 0.4) is 0 Å². The van der Waals surface area contributed by atoms with Gasteiger partial charge in [-0.15, -0.1) is 0 Å². The van der Waals surface area contributed by atoms with Crippen molar-refractivity contribution in [2.45, 2.75) is 6.04 Å². The highest BCUT2D eigenvalue weighted by Gasteiger charge is 2.18. The summed E-state index contributed by atoms with van der Waals surface area (Å²) < 4.78 is 4.93. The van der Waals surface area contributed by atoms with Crippen LogP contribution in [0.5, 0.6) is 5.75 Å². The first-order valence-corrected chi connectivity index (χ1v) is 4.44. The fourth-order valence-corrected chi connectivity index (χ4v) is 1.14. The van der Waals surface area contributed by atoms with Crippen LogP contribution < -0.4 is 10.5 Å². The molecule has 0 aliphatic carbocycles. The number of rotatable bonds is 5. The van der Waals surface area contributed by atoms with Crippen molar-refractivity contribution >= 4 is 11.9 Å². The molecule has 6 nitrogen and oxygen atoms in total. The van der Waals surface area contributed by atoms with Crippen LogP contribution in [-0.2, 0) is 9.59 Å². The predicted octanol–water partition coefficient (Wildman–Crippen LogP) is 0.234. The Bertz CT molecular complexity index is 404. The molecule has 0 bridgehead atoms. The van der Waals surface area contributed by atoms with Gasteiger partial charge >= 0.3 is 11.9 Å². The first-order valence-electron chi connectivity index (χ1n) is 4.44. The van der Waals surface area contributed by atoms with Crippen LogP contribution >= 0.6 is 0 Å². The number of hydrogen-bond acceptors (Lipinski definition) is 4. The van der Waals surface area contributed by atoms with Gasteiger partial charge in [0.2, 0.25) is 0 Å². The summed E-state index contributed by atoms with van der Waals surface area (Å²) in [6.45, 7) is -0.538. The quantitative estimate of drug-likeness (QED) is 0.661. The lowest BCUT2D eigenvalue weighted by Gasteiger charge is -2.12. The number of benzene rings is 1. The smallest absolute Gasteiger partial charge is 0.341 e. The van der Waals surface area contributed by atoms with Crippen molar-refractivity contribution < 1.29 is 24.5 Å². The predicted molar refractivity (Wildman–Crippen MR) is 54.1 cm³/mol. The maximum Gasteiger partial charge on any atom is 0.341 e. The second kappa shape index (κ2) is 5.13. The topological polar surface area (TPSA) is 110 Å².